The Balaban J connectivity index is 1.13. The van der Waals surface area contributed by atoms with Gasteiger partial charge in [0.05, 0.1) is 32.4 Å². The van der Waals surface area contributed by atoms with Gasteiger partial charge in [0, 0.05) is 40.2 Å². The smallest absolute Gasteiger partial charge is 0.328 e. The maximum absolute atomic E-state index is 14.0. The minimum atomic E-state index is -0.914. The third-order valence-electron chi connectivity index (χ3n) is 15.1. The molecule has 5 fully saturated rings. The quantitative estimate of drug-likeness (QED) is 0.186. The van der Waals surface area contributed by atoms with Crippen molar-refractivity contribution in [3.8, 4) is 0 Å². The highest BCUT2D eigenvalue weighted by atomic mass is 16.5. The molecule has 1 aliphatic heterocycles. The molecule has 4 saturated carbocycles. The van der Waals surface area contributed by atoms with E-state index in [4.69, 9.17) is 14.2 Å². The van der Waals surface area contributed by atoms with Gasteiger partial charge in [-0.15, -0.1) is 0 Å². The van der Waals surface area contributed by atoms with Crippen LogP contribution in [0.1, 0.15) is 129 Å². The van der Waals surface area contributed by atoms with Crippen LogP contribution in [-0.2, 0) is 43.0 Å². The van der Waals surface area contributed by atoms with Crippen LogP contribution in [0.5, 0.6) is 0 Å². The average molecular weight is 830 g/mol. The fraction of sp³-hybridized carbons (Fsp3) is 0.867. The van der Waals surface area contributed by atoms with Gasteiger partial charge in [0.2, 0.25) is 29.5 Å². The molecule has 0 aromatic heterocycles. The number of unbranched alkanes of at least 4 members (excludes halogenated alkanes) is 1. The molecular weight excluding hydrogens is 755 g/mol. The maximum atomic E-state index is 14.0. The molecule has 8 unspecified atom stereocenters. The van der Waals surface area contributed by atoms with Crippen molar-refractivity contribution in [2.75, 3.05) is 48.0 Å². The van der Waals surface area contributed by atoms with E-state index in [0.29, 0.717) is 25.7 Å². The molecule has 0 radical (unpaired) electrons. The molecule has 4 aliphatic carbocycles. The van der Waals surface area contributed by atoms with E-state index in [1.54, 1.807) is 21.3 Å². The van der Waals surface area contributed by atoms with Crippen LogP contribution in [0.25, 0.3) is 0 Å². The fourth-order valence-electron chi connectivity index (χ4n) is 11.7. The van der Waals surface area contributed by atoms with E-state index in [1.807, 2.05) is 0 Å². The van der Waals surface area contributed by atoms with E-state index in [-0.39, 0.29) is 79.7 Å². The van der Waals surface area contributed by atoms with Crippen molar-refractivity contribution in [3.05, 3.63) is 0 Å². The zero-order valence-corrected chi connectivity index (χ0v) is 36.6. The summed E-state index contributed by atoms with van der Waals surface area (Å²) in [6.07, 6.45) is 18.0. The number of nitrogens with zero attached hydrogens (tertiary/aromatic N) is 1. The summed E-state index contributed by atoms with van der Waals surface area (Å²) in [5.41, 5.74) is 0. The van der Waals surface area contributed by atoms with Crippen LogP contribution in [0.4, 0.5) is 0 Å². The number of amides is 5. The predicted octanol–water partition coefficient (Wildman–Crippen LogP) is 4.28. The molecule has 14 heteroatoms. The summed E-state index contributed by atoms with van der Waals surface area (Å²) in [4.78, 5) is 80.9. The predicted molar refractivity (Wildman–Crippen MR) is 222 cm³/mol. The molecule has 5 aliphatic rings. The van der Waals surface area contributed by atoms with Crippen LogP contribution >= 0.6 is 0 Å². The number of esters is 1. The minimum absolute atomic E-state index is 0.00624. The highest BCUT2D eigenvalue weighted by Crippen LogP contribution is 2.46. The standard InChI is InChI=1S/C45H75N5O9/c1-6-7-8-28-9-12-30(13-10-28)31-14-16-32(17-15-31)43(54)46-22-21-39(51)47-27-41(53)50(2)42-33-18-20-38(58-4)35(25-33)34-23-29(11-19-37(34)57-3)24-36(45(56)59-5)49-40(52)26-48-44(42)55/h28-38,42H,6-27H2,1-5H3,(H,46,54)(H,47,51)(H,48,55)(H,49,52). The number of carbonyl (C=O) groups excluding carboxylic acids is 6. The third-order valence-corrected chi connectivity index (χ3v) is 15.1. The van der Waals surface area contributed by atoms with Gasteiger partial charge in [-0.3, -0.25) is 24.0 Å². The normalized spacial score (nSPS) is 34.3. The molecule has 0 spiro atoms. The Morgan fingerprint density at radius 1 is 0.763 bits per heavy atom. The Bertz CT molecular complexity index is 1410. The van der Waals surface area contributed by atoms with E-state index in [0.717, 1.165) is 62.7 Å². The van der Waals surface area contributed by atoms with E-state index in [1.165, 1.54) is 57.0 Å². The zero-order chi connectivity index (χ0) is 42.5. The number of likely N-dealkylation sites (N-methyl/N-ethyl adjacent to an activating group) is 1. The highest BCUT2D eigenvalue weighted by Gasteiger charge is 2.47. The van der Waals surface area contributed by atoms with Crippen molar-refractivity contribution >= 4 is 35.5 Å². The number of carbonyl (C=O) groups is 6. The number of rotatable bonds is 14. The second-order valence-electron chi connectivity index (χ2n) is 18.5. The van der Waals surface area contributed by atoms with Crippen LogP contribution in [0, 0.1) is 47.3 Å². The Morgan fingerprint density at radius 2 is 1.39 bits per heavy atom. The molecule has 5 rings (SSSR count). The van der Waals surface area contributed by atoms with Crippen LogP contribution < -0.4 is 21.3 Å². The number of fused-ring (bicyclic) bond motifs is 5. The van der Waals surface area contributed by atoms with Crippen molar-refractivity contribution in [3.63, 3.8) is 0 Å². The third kappa shape index (κ3) is 12.9. The van der Waals surface area contributed by atoms with Crippen LogP contribution in [0.15, 0.2) is 0 Å². The molecule has 4 bridgehead atoms. The summed E-state index contributed by atoms with van der Waals surface area (Å²) in [5, 5.41) is 11.1. The molecule has 4 N–H and O–H groups in total. The van der Waals surface area contributed by atoms with Gasteiger partial charge < -0.3 is 40.4 Å². The van der Waals surface area contributed by atoms with Gasteiger partial charge in [-0.1, -0.05) is 39.0 Å². The molecule has 8 atom stereocenters. The minimum Gasteiger partial charge on any atom is -0.467 e. The second kappa shape index (κ2) is 23.1. The number of ether oxygens (including phenoxy) is 3. The van der Waals surface area contributed by atoms with E-state index < -0.39 is 35.8 Å². The van der Waals surface area contributed by atoms with Crippen molar-refractivity contribution < 1.29 is 43.0 Å². The molecule has 14 nitrogen and oxygen atoms in total. The maximum Gasteiger partial charge on any atom is 0.328 e. The first-order valence-corrected chi connectivity index (χ1v) is 23.0. The molecule has 5 amide bonds. The first kappa shape index (κ1) is 46.8. The lowest BCUT2D eigenvalue weighted by molar-refractivity contribution is -0.147. The molecule has 1 saturated heterocycles. The van der Waals surface area contributed by atoms with Crippen molar-refractivity contribution in [1.29, 1.82) is 0 Å². The molecule has 334 valence electrons. The lowest BCUT2D eigenvalue weighted by Gasteiger charge is -2.48. The van der Waals surface area contributed by atoms with Gasteiger partial charge >= 0.3 is 5.97 Å². The molecular formula is C45H75N5O9. The average Bonchev–Trinajstić information content (AvgIpc) is 3.26. The zero-order valence-electron chi connectivity index (χ0n) is 36.6. The SMILES string of the molecule is CCCCC1CCC(C2CCC(C(=O)NCCC(=O)NCC(=O)N(C)C3C(=O)NCC(=O)NC(C(=O)OC)CC4CCC(OC)C(C4)C4CC3CCC4OC)CC2)CC1. The molecule has 0 aromatic rings. The lowest BCUT2D eigenvalue weighted by Crippen LogP contribution is -2.57. The van der Waals surface area contributed by atoms with Gasteiger partial charge in [-0.25, -0.2) is 4.79 Å². The summed E-state index contributed by atoms with van der Waals surface area (Å²) < 4.78 is 17.1. The largest absolute Gasteiger partial charge is 0.467 e. The molecule has 0 aromatic carbocycles. The van der Waals surface area contributed by atoms with E-state index in [2.05, 4.69) is 28.2 Å². The Kier molecular flexibility index (Phi) is 18.3. The number of hydrogen-bond donors (Lipinski definition) is 4. The van der Waals surface area contributed by atoms with Gasteiger partial charge in [-0.05, 0) is 125 Å². The topological polar surface area (TPSA) is 181 Å². The Hall–Kier alpha value is -3.26. The summed E-state index contributed by atoms with van der Waals surface area (Å²) in [5.74, 6) is 0.0777. The molecule has 1 heterocycles. The number of methoxy groups -OCH3 is 3. The first-order valence-electron chi connectivity index (χ1n) is 23.0. The van der Waals surface area contributed by atoms with Crippen LogP contribution in [-0.4, -0.2) is 113 Å². The number of nitrogens with one attached hydrogen (secondary N) is 4. The van der Waals surface area contributed by atoms with Crippen molar-refractivity contribution in [2.24, 2.45) is 47.3 Å². The Labute approximate surface area is 352 Å². The Morgan fingerprint density at radius 3 is 2.03 bits per heavy atom. The van der Waals surface area contributed by atoms with Crippen LogP contribution in [0.3, 0.4) is 0 Å². The fourth-order valence-corrected chi connectivity index (χ4v) is 11.7. The van der Waals surface area contributed by atoms with E-state index in [9.17, 15) is 28.8 Å². The summed E-state index contributed by atoms with van der Waals surface area (Å²) in [6, 6.07) is -1.77. The van der Waals surface area contributed by atoms with E-state index >= 15 is 0 Å². The summed E-state index contributed by atoms with van der Waals surface area (Å²) in [6.45, 7) is 1.77. The number of hydrogen-bond acceptors (Lipinski definition) is 9. The van der Waals surface area contributed by atoms with Gasteiger partial charge in [0.1, 0.15) is 12.1 Å². The van der Waals surface area contributed by atoms with Crippen LogP contribution in [0.2, 0.25) is 0 Å². The first-order chi connectivity index (χ1) is 28.5. The monoisotopic (exact) mass is 830 g/mol. The summed E-state index contributed by atoms with van der Waals surface area (Å²) in [7, 11) is 6.28. The van der Waals surface area contributed by atoms with Gasteiger partial charge in [0.15, 0.2) is 0 Å². The second-order valence-corrected chi connectivity index (χ2v) is 18.5. The van der Waals surface area contributed by atoms with Gasteiger partial charge in [-0.2, -0.15) is 0 Å². The van der Waals surface area contributed by atoms with Crippen molar-refractivity contribution in [1.82, 2.24) is 26.2 Å². The lowest BCUT2D eigenvalue weighted by atomic mass is 9.64. The summed E-state index contributed by atoms with van der Waals surface area (Å²) >= 11 is 0. The van der Waals surface area contributed by atoms with Gasteiger partial charge in [0.25, 0.3) is 0 Å². The molecule has 59 heavy (non-hydrogen) atoms. The highest BCUT2D eigenvalue weighted by molar-refractivity contribution is 5.93. The van der Waals surface area contributed by atoms with Crippen molar-refractivity contribution in [2.45, 2.75) is 153 Å².